The molecule has 0 fully saturated rings. The fraction of sp³-hybridized carbons (Fsp3) is 0.806. The van der Waals surface area contributed by atoms with Gasteiger partial charge in [0.1, 0.15) is 48.7 Å². The van der Waals surface area contributed by atoms with Crippen molar-refractivity contribution < 1.29 is 72.1 Å². The summed E-state index contributed by atoms with van der Waals surface area (Å²) in [5, 5.41) is 16.2. The molecule has 95 heavy (non-hydrogen) atoms. The van der Waals surface area contributed by atoms with Gasteiger partial charge in [0.25, 0.3) is 0 Å². The van der Waals surface area contributed by atoms with Gasteiger partial charge >= 0.3 is 11.9 Å². The molecule has 0 unspecified atom stereocenters. The molecular formula is C72H128N8O15. The van der Waals surface area contributed by atoms with Crippen LogP contribution in [0.2, 0.25) is 0 Å². The summed E-state index contributed by atoms with van der Waals surface area (Å²) in [6, 6.07) is -7.76. The van der Waals surface area contributed by atoms with Crippen LogP contribution in [-0.4, -0.2) is 222 Å². The van der Waals surface area contributed by atoms with E-state index in [4.69, 9.17) is 9.47 Å². The monoisotopic (exact) mass is 1340 g/mol. The highest BCUT2D eigenvalue weighted by molar-refractivity contribution is 5.98. The Balaban J connectivity index is 7.11. The van der Waals surface area contributed by atoms with Gasteiger partial charge in [0.2, 0.25) is 41.4 Å². The van der Waals surface area contributed by atoms with Crippen LogP contribution in [0.1, 0.15) is 203 Å². The molecule has 0 aliphatic heterocycles. The average molecular weight is 1350 g/mol. The Labute approximate surface area is 571 Å². The first-order valence-electron chi connectivity index (χ1n) is 34.5. The lowest BCUT2D eigenvalue weighted by Gasteiger charge is -2.42. The van der Waals surface area contributed by atoms with Gasteiger partial charge in [-0.25, -0.2) is 4.79 Å². The Kier molecular flexibility index (Phi) is 39.2. The smallest absolute Gasteiger partial charge is 0.328 e. The standard InChI is InChI=1S/C72H128N8O15/c1-28-30-31-48(14)64(95-52(18)82)63(65(86)74-54(29-2)71(92)94-35-34-75(22)51(17)81)80(27)70(91)62(46(11)12)79(26)69(90)57(38-44(7)8)78(25)68(89)56(37-43(5)6)77(24)66(87)50(16)40-58(83)49(15)39-59(84)55(36-42(3)4)76(23)67(88)53(45(9)10)41-60(85)61(73-21)47(13)32-33-72(19,20)93/h28,30,42-50,53-57,61-64,73,93H,29,31-41H2,1-27H3,(H,74,86)/b30-28+/t47-,48-,49-,50+,53+,54+,55+,56+,57+,61+,62+,63+,64-/m1/s1. The Bertz CT molecular complexity index is 2560. The number of nitrogens with zero attached hydrogens (tertiary/aromatic N) is 6. The summed E-state index contributed by atoms with van der Waals surface area (Å²) < 4.78 is 11.3. The minimum atomic E-state index is -1.55. The van der Waals surface area contributed by atoms with Crippen molar-refractivity contribution >= 4 is 70.6 Å². The lowest BCUT2D eigenvalue weighted by atomic mass is 9.82. The van der Waals surface area contributed by atoms with Crippen LogP contribution in [0.15, 0.2) is 12.2 Å². The summed E-state index contributed by atoms with van der Waals surface area (Å²) in [5.74, 6) is -10.6. The molecule has 0 rings (SSSR count). The third-order valence-corrected chi connectivity index (χ3v) is 18.3. The maximum atomic E-state index is 15.3. The Hall–Kier alpha value is -6.10. The number of esters is 2. The average Bonchev–Trinajstić information content (AvgIpc) is 0.807. The molecular weight excluding hydrogens is 1220 g/mol. The van der Waals surface area contributed by atoms with Crippen LogP contribution < -0.4 is 10.6 Å². The maximum Gasteiger partial charge on any atom is 0.328 e. The predicted octanol–water partition coefficient (Wildman–Crippen LogP) is 7.56. The van der Waals surface area contributed by atoms with Gasteiger partial charge in [-0.3, -0.25) is 52.7 Å². The lowest BCUT2D eigenvalue weighted by molar-refractivity contribution is -0.164. The first-order chi connectivity index (χ1) is 43.8. The molecule has 7 amide bonds. The van der Waals surface area contributed by atoms with E-state index in [2.05, 4.69) is 10.6 Å². The zero-order valence-electron chi connectivity index (χ0n) is 63.4. The van der Waals surface area contributed by atoms with Crippen molar-refractivity contribution in [3.8, 4) is 0 Å². The summed E-state index contributed by atoms with van der Waals surface area (Å²) in [6.07, 6.45) is 3.93. The number of ketones is 3. The number of hydrogen-bond acceptors (Lipinski definition) is 16. The molecule has 13 atom stereocenters. The number of carbonyl (C=O) groups excluding carboxylic acids is 12. The molecule has 23 nitrogen and oxygen atoms in total. The van der Waals surface area contributed by atoms with Crippen molar-refractivity contribution in [2.45, 2.75) is 257 Å². The van der Waals surface area contributed by atoms with Gasteiger partial charge in [-0.2, -0.15) is 0 Å². The van der Waals surface area contributed by atoms with E-state index >= 15 is 14.4 Å². The molecule has 3 N–H and O–H groups in total. The van der Waals surface area contributed by atoms with Crippen LogP contribution in [0.4, 0.5) is 0 Å². The molecule has 0 aliphatic rings. The normalized spacial score (nSPS) is 16.1. The van der Waals surface area contributed by atoms with Gasteiger partial charge in [-0.1, -0.05) is 116 Å². The van der Waals surface area contributed by atoms with E-state index in [0.717, 1.165) is 4.90 Å². The van der Waals surface area contributed by atoms with Gasteiger partial charge in [-0.05, 0) is 114 Å². The van der Waals surface area contributed by atoms with Crippen molar-refractivity contribution in [2.75, 3.05) is 62.5 Å². The van der Waals surface area contributed by atoms with E-state index in [1.807, 2.05) is 68.4 Å². The van der Waals surface area contributed by atoms with Crippen molar-refractivity contribution in [3.05, 3.63) is 12.2 Å². The number of amides is 7. The Morgan fingerprint density at radius 1 is 0.558 bits per heavy atom. The number of nitrogens with one attached hydrogen (secondary N) is 2. The topological polar surface area (TPSA) is 287 Å². The first kappa shape index (κ1) is 88.9. The fourth-order valence-electron chi connectivity index (χ4n) is 12.1. The number of likely N-dealkylation sites (N-methyl/N-ethyl adjacent to an activating group) is 7. The second kappa shape index (κ2) is 41.9. The second-order valence-electron chi connectivity index (χ2n) is 29.5. The summed E-state index contributed by atoms with van der Waals surface area (Å²) in [6.45, 7) is 34.9. The number of ether oxygens (including phenoxy) is 2. The zero-order valence-corrected chi connectivity index (χ0v) is 63.4. The number of allylic oxidation sites excluding steroid dienone is 2. The highest BCUT2D eigenvalue weighted by atomic mass is 16.5. The van der Waals surface area contributed by atoms with Gasteiger partial charge in [-0.15, -0.1) is 0 Å². The lowest BCUT2D eigenvalue weighted by Crippen LogP contribution is -2.63. The summed E-state index contributed by atoms with van der Waals surface area (Å²) in [7, 11) is 10.6. The van der Waals surface area contributed by atoms with Crippen LogP contribution >= 0.6 is 0 Å². The van der Waals surface area contributed by atoms with E-state index < -0.39 is 125 Å². The third kappa shape index (κ3) is 28.9. The summed E-state index contributed by atoms with van der Waals surface area (Å²) >= 11 is 0. The Morgan fingerprint density at radius 2 is 1.03 bits per heavy atom. The molecule has 0 aromatic rings. The van der Waals surface area contributed by atoms with Crippen molar-refractivity contribution in [2.24, 2.45) is 59.2 Å². The second-order valence-corrected chi connectivity index (χ2v) is 29.5. The van der Waals surface area contributed by atoms with Gasteiger partial charge in [0.05, 0.1) is 24.2 Å². The van der Waals surface area contributed by atoms with Gasteiger partial charge in [0.15, 0.2) is 11.6 Å². The number of Topliss-reactive ketones (excluding diaryl/α,β-unsaturated/α-hetero) is 3. The highest BCUT2D eigenvalue weighted by Crippen LogP contribution is 2.30. The number of aliphatic hydroxyl groups is 1. The predicted molar refractivity (Wildman–Crippen MR) is 370 cm³/mol. The molecule has 0 radical (unpaired) electrons. The number of rotatable bonds is 44. The molecule has 546 valence electrons. The molecule has 0 saturated carbocycles. The molecule has 0 spiro atoms. The first-order valence-corrected chi connectivity index (χ1v) is 34.5. The van der Waals surface area contributed by atoms with Crippen molar-refractivity contribution in [3.63, 3.8) is 0 Å². The zero-order chi connectivity index (χ0) is 74.0. The largest absolute Gasteiger partial charge is 0.462 e. The fourth-order valence-corrected chi connectivity index (χ4v) is 12.1. The van der Waals surface area contributed by atoms with E-state index in [9.17, 15) is 48.3 Å². The van der Waals surface area contributed by atoms with Crippen molar-refractivity contribution in [1.29, 1.82) is 0 Å². The number of hydrogen-bond donors (Lipinski definition) is 3. The van der Waals surface area contributed by atoms with Crippen LogP contribution in [-0.2, 0) is 67.0 Å². The SMILES string of the molecule is C/C=C/C[C@@H](C)[C@@H](OC(C)=O)[C@@H](C(=O)N[C@@H](CC)C(=O)OCCN(C)C(C)=O)N(C)C(=O)[C@H](C(C)C)N(C)C(=O)[C@H](CC(C)C)N(C)C(=O)[C@H](CC(C)C)N(C)C(=O)[C@@H](C)CC(=O)[C@H](C)CC(=O)[C@H](CC(C)C)N(C)C(=O)[C@@H](CC(=O)[C@@H](NC)[C@H](C)CCC(C)(C)O)C(C)C. The summed E-state index contributed by atoms with van der Waals surface area (Å²) in [5.41, 5.74) is -0.901. The van der Waals surface area contributed by atoms with Crippen LogP contribution in [0, 0.1) is 59.2 Å². The quantitative estimate of drug-likeness (QED) is 0.0392. The molecule has 0 heterocycles. The molecule has 0 aromatic heterocycles. The van der Waals surface area contributed by atoms with Crippen LogP contribution in [0.5, 0.6) is 0 Å². The molecule has 23 heteroatoms. The molecule has 0 aliphatic carbocycles. The van der Waals surface area contributed by atoms with E-state index in [1.165, 1.54) is 66.5 Å². The third-order valence-electron chi connectivity index (χ3n) is 18.3. The number of carbonyl (C=O) groups is 12. The minimum Gasteiger partial charge on any atom is -0.462 e. The molecule has 0 aromatic carbocycles. The van der Waals surface area contributed by atoms with E-state index in [1.54, 1.807) is 89.5 Å². The van der Waals surface area contributed by atoms with E-state index in [0.29, 0.717) is 25.7 Å². The highest BCUT2D eigenvalue weighted by Gasteiger charge is 2.47. The molecule has 0 bridgehead atoms. The Morgan fingerprint density at radius 3 is 1.47 bits per heavy atom. The molecule has 0 saturated heterocycles. The van der Waals surface area contributed by atoms with Gasteiger partial charge < -0.3 is 54.6 Å². The summed E-state index contributed by atoms with van der Waals surface area (Å²) in [4.78, 5) is 178. The minimum absolute atomic E-state index is 0.0191. The van der Waals surface area contributed by atoms with Gasteiger partial charge in [0, 0.05) is 93.1 Å². The maximum absolute atomic E-state index is 15.3. The van der Waals surface area contributed by atoms with E-state index in [-0.39, 0.29) is 110 Å². The van der Waals surface area contributed by atoms with Crippen molar-refractivity contribution in [1.82, 2.24) is 40.0 Å². The van der Waals surface area contributed by atoms with Crippen LogP contribution in [0.3, 0.4) is 0 Å². The van der Waals surface area contributed by atoms with Crippen LogP contribution in [0.25, 0.3) is 0 Å².